The lowest BCUT2D eigenvalue weighted by Gasteiger charge is -2.44. The zero-order chi connectivity index (χ0) is 23.3. The van der Waals surface area contributed by atoms with E-state index in [1.54, 1.807) is 24.5 Å². The lowest BCUT2D eigenvalue weighted by Crippen LogP contribution is -2.59. The zero-order valence-electron chi connectivity index (χ0n) is 17.6. The van der Waals surface area contributed by atoms with Gasteiger partial charge in [0.1, 0.15) is 11.4 Å². The van der Waals surface area contributed by atoms with E-state index in [1.165, 1.54) is 4.90 Å². The van der Waals surface area contributed by atoms with Crippen LogP contribution in [0.1, 0.15) is 30.0 Å². The number of ether oxygens (including phenoxy) is 1. The topological polar surface area (TPSA) is 63.7 Å². The summed E-state index contributed by atoms with van der Waals surface area (Å²) in [4.78, 5) is 13.2. The van der Waals surface area contributed by atoms with Crippen molar-refractivity contribution >= 4 is 44.5 Å². The van der Waals surface area contributed by atoms with Crippen LogP contribution in [-0.4, -0.2) is 44.3 Å². The maximum Gasteiger partial charge on any atom is 0.237 e. The van der Waals surface area contributed by atoms with E-state index in [-0.39, 0.29) is 13.1 Å². The van der Waals surface area contributed by atoms with Gasteiger partial charge in [0.2, 0.25) is 5.91 Å². The van der Waals surface area contributed by atoms with Crippen LogP contribution in [0.4, 0.5) is 4.39 Å². The number of amides is 1. The van der Waals surface area contributed by atoms with Gasteiger partial charge in [-0.3, -0.25) is 4.79 Å². The predicted octanol–water partition coefficient (Wildman–Crippen LogP) is 4.72. The number of halogens is 3. The standard InChI is InChI=1S/C23H22Cl2FNO4S/c1-22(18-7-19(24)9-20(25)8-18)10-16(11-31-22)15-3-5-17(6-4-15)23(26)13-27(14-23)21(28)12-32(2,29)30/h3-9,11H,10,12-14H2,1-2H3. The molecule has 2 heterocycles. The minimum absolute atomic E-state index is 0.153. The molecule has 170 valence electrons. The number of rotatable bonds is 5. The summed E-state index contributed by atoms with van der Waals surface area (Å²) in [6.07, 6.45) is 3.28. The Hall–Kier alpha value is -2.09. The molecule has 5 nitrogen and oxygen atoms in total. The first kappa shape index (κ1) is 23.1. The molecule has 1 saturated heterocycles. The van der Waals surface area contributed by atoms with Crippen LogP contribution in [0.25, 0.3) is 5.57 Å². The Balaban J connectivity index is 1.43. The van der Waals surface area contributed by atoms with Crippen molar-refractivity contribution in [2.45, 2.75) is 24.6 Å². The third-order valence-electron chi connectivity index (χ3n) is 5.86. The number of nitrogens with zero attached hydrogens (tertiary/aromatic N) is 1. The molecule has 1 unspecified atom stereocenters. The molecule has 0 spiro atoms. The third kappa shape index (κ3) is 4.65. The van der Waals surface area contributed by atoms with Crippen molar-refractivity contribution in [3.8, 4) is 0 Å². The monoisotopic (exact) mass is 497 g/mol. The van der Waals surface area contributed by atoms with Gasteiger partial charge in [-0.2, -0.15) is 0 Å². The molecule has 0 bridgehead atoms. The molecule has 2 aromatic rings. The Morgan fingerprint density at radius 1 is 1.09 bits per heavy atom. The summed E-state index contributed by atoms with van der Waals surface area (Å²) in [5, 5.41) is 1.07. The molecular formula is C23H22Cl2FNO4S. The van der Waals surface area contributed by atoms with Gasteiger partial charge in [-0.1, -0.05) is 47.5 Å². The second-order valence-corrected chi connectivity index (χ2v) is 11.7. The number of likely N-dealkylation sites (tertiary alicyclic amines) is 1. The van der Waals surface area contributed by atoms with Crippen molar-refractivity contribution in [2.75, 3.05) is 25.1 Å². The summed E-state index contributed by atoms with van der Waals surface area (Å²) in [6.45, 7) is 1.65. The Labute approximate surface area is 196 Å². The van der Waals surface area contributed by atoms with Crippen LogP contribution in [-0.2, 0) is 30.6 Å². The molecule has 1 fully saturated rings. The molecule has 0 N–H and O–H groups in total. The van der Waals surface area contributed by atoms with Crippen molar-refractivity contribution in [2.24, 2.45) is 0 Å². The van der Waals surface area contributed by atoms with Gasteiger partial charge in [0.15, 0.2) is 15.5 Å². The average Bonchev–Trinajstić information content (AvgIpc) is 3.07. The van der Waals surface area contributed by atoms with Gasteiger partial charge in [0.05, 0.1) is 19.4 Å². The van der Waals surface area contributed by atoms with Crippen molar-refractivity contribution < 1.29 is 22.3 Å². The van der Waals surface area contributed by atoms with E-state index >= 15 is 4.39 Å². The SMILES string of the molecule is CC1(c2cc(Cl)cc(Cl)c2)CC(c2ccc(C3(F)CN(C(=O)CS(C)(=O)=O)C3)cc2)=CO1. The second kappa shape index (κ2) is 8.04. The summed E-state index contributed by atoms with van der Waals surface area (Å²) < 4.78 is 43.7. The van der Waals surface area contributed by atoms with Gasteiger partial charge < -0.3 is 9.64 Å². The zero-order valence-corrected chi connectivity index (χ0v) is 19.9. The highest BCUT2D eigenvalue weighted by atomic mass is 35.5. The van der Waals surface area contributed by atoms with Gasteiger partial charge in [0.25, 0.3) is 0 Å². The van der Waals surface area contributed by atoms with Gasteiger partial charge in [-0.05, 0) is 47.4 Å². The highest BCUT2D eigenvalue weighted by Crippen LogP contribution is 2.44. The lowest BCUT2D eigenvalue weighted by molar-refractivity contribution is -0.143. The first-order chi connectivity index (χ1) is 14.9. The third-order valence-corrected chi connectivity index (χ3v) is 7.06. The number of alkyl halides is 1. The molecule has 2 aliphatic heterocycles. The molecule has 2 aliphatic rings. The van der Waals surface area contributed by atoms with Gasteiger partial charge in [-0.25, -0.2) is 12.8 Å². The summed E-state index contributed by atoms with van der Waals surface area (Å²) in [6, 6.07) is 12.4. The fourth-order valence-electron chi connectivity index (χ4n) is 4.06. The number of hydrogen-bond donors (Lipinski definition) is 0. The molecule has 32 heavy (non-hydrogen) atoms. The number of sulfone groups is 1. The van der Waals surface area contributed by atoms with E-state index in [4.69, 9.17) is 27.9 Å². The number of benzene rings is 2. The Morgan fingerprint density at radius 3 is 2.25 bits per heavy atom. The van der Waals surface area contributed by atoms with Crippen LogP contribution in [0, 0.1) is 0 Å². The molecule has 2 aromatic carbocycles. The predicted molar refractivity (Wildman–Crippen MR) is 123 cm³/mol. The van der Waals surface area contributed by atoms with Gasteiger partial charge >= 0.3 is 0 Å². The van der Waals surface area contributed by atoms with E-state index in [0.717, 1.165) is 23.0 Å². The Bertz CT molecular complexity index is 1190. The first-order valence-electron chi connectivity index (χ1n) is 9.96. The van der Waals surface area contributed by atoms with Crippen LogP contribution in [0.5, 0.6) is 0 Å². The van der Waals surface area contributed by atoms with Crippen LogP contribution >= 0.6 is 23.2 Å². The molecule has 0 aliphatic carbocycles. The van der Waals surface area contributed by atoms with E-state index in [1.807, 2.05) is 31.2 Å². The summed E-state index contributed by atoms with van der Waals surface area (Å²) >= 11 is 12.3. The Morgan fingerprint density at radius 2 is 1.69 bits per heavy atom. The normalized spacial score (nSPS) is 22.2. The molecule has 1 atom stereocenters. The fraction of sp³-hybridized carbons (Fsp3) is 0.348. The average molecular weight is 498 g/mol. The van der Waals surface area contributed by atoms with Gasteiger partial charge in [-0.15, -0.1) is 0 Å². The number of carbonyl (C=O) groups excluding carboxylic acids is 1. The van der Waals surface area contributed by atoms with Crippen molar-refractivity contribution in [3.63, 3.8) is 0 Å². The largest absolute Gasteiger partial charge is 0.490 e. The van der Waals surface area contributed by atoms with Crippen molar-refractivity contribution in [3.05, 3.63) is 75.5 Å². The van der Waals surface area contributed by atoms with Crippen molar-refractivity contribution in [1.82, 2.24) is 4.90 Å². The smallest absolute Gasteiger partial charge is 0.237 e. The Kier molecular flexibility index (Phi) is 5.80. The van der Waals surface area contributed by atoms with Crippen LogP contribution in [0.3, 0.4) is 0 Å². The molecule has 9 heteroatoms. The molecule has 4 rings (SSSR count). The first-order valence-corrected chi connectivity index (χ1v) is 12.8. The minimum Gasteiger partial charge on any atom is -0.490 e. The second-order valence-electron chi connectivity index (χ2n) is 8.69. The van der Waals surface area contributed by atoms with Gasteiger partial charge in [0, 0.05) is 22.7 Å². The molecule has 0 saturated carbocycles. The molecule has 0 aromatic heterocycles. The summed E-state index contributed by atoms with van der Waals surface area (Å²) in [5.74, 6) is -1.18. The fourth-order valence-corrected chi connectivity index (χ4v) is 5.22. The van der Waals surface area contributed by atoms with E-state index in [2.05, 4.69) is 0 Å². The molecular weight excluding hydrogens is 476 g/mol. The quantitative estimate of drug-likeness (QED) is 0.599. The van der Waals surface area contributed by atoms with Crippen LogP contribution in [0.15, 0.2) is 48.7 Å². The van der Waals surface area contributed by atoms with Crippen molar-refractivity contribution in [1.29, 1.82) is 0 Å². The van der Waals surface area contributed by atoms with E-state index in [0.29, 0.717) is 22.0 Å². The lowest BCUT2D eigenvalue weighted by atomic mass is 9.85. The molecule has 1 amide bonds. The maximum absolute atomic E-state index is 15.2. The van der Waals surface area contributed by atoms with E-state index < -0.39 is 32.8 Å². The highest BCUT2D eigenvalue weighted by Gasteiger charge is 2.47. The minimum atomic E-state index is -3.44. The van der Waals surface area contributed by atoms with E-state index in [9.17, 15) is 13.2 Å². The molecule has 0 radical (unpaired) electrons. The van der Waals surface area contributed by atoms with Crippen LogP contribution in [0.2, 0.25) is 10.0 Å². The number of carbonyl (C=O) groups is 1. The summed E-state index contributed by atoms with van der Waals surface area (Å²) in [7, 11) is -3.44. The summed E-state index contributed by atoms with van der Waals surface area (Å²) in [5.41, 5.74) is 0.888. The van der Waals surface area contributed by atoms with Crippen LogP contribution < -0.4 is 0 Å². The maximum atomic E-state index is 15.2. The number of hydrogen-bond acceptors (Lipinski definition) is 4. The highest BCUT2D eigenvalue weighted by molar-refractivity contribution is 7.91.